The Kier molecular flexibility index (Phi) is 3.78. The van der Waals surface area contributed by atoms with Gasteiger partial charge in [-0.1, -0.05) is 37.3 Å². The summed E-state index contributed by atoms with van der Waals surface area (Å²) in [5.41, 5.74) is 1.35. The van der Waals surface area contributed by atoms with Gasteiger partial charge in [0.15, 0.2) is 5.11 Å². The van der Waals surface area contributed by atoms with Crippen LogP contribution < -0.4 is 10.6 Å². The molecule has 1 atom stereocenters. The molecule has 0 aromatic heterocycles. The fourth-order valence-electron chi connectivity index (χ4n) is 1.61. The standard InChI is InChI=1S/C13H18N2S/c1-10(11-5-3-2-4-6-11)9-14-13(16)15-12-7-8-12/h2-6,10,12H,7-9H2,1H3,(H2,14,15,16)/t10-/m1/s1. The van der Waals surface area contributed by atoms with Crippen LogP contribution in [0.3, 0.4) is 0 Å². The van der Waals surface area contributed by atoms with E-state index in [9.17, 15) is 0 Å². The van der Waals surface area contributed by atoms with Crippen molar-refractivity contribution in [2.24, 2.45) is 0 Å². The third-order valence-electron chi connectivity index (χ3n) is 2.85. The summed E-state index contributed by atoms with van der Waals surface area (Å²) in [4.78, 5) is 0. The molecule has 0 bridgehead atoms. The van der Waals surface area contributed by atoms with E-state index < -0.39 is 0 Å². The maximum Gasteiger partial charge on any atom is 0.166 e. The van der Waals surface area contributed by atoms with Crippen LogP contribution in [0.4, 0.5) is 0 Å². The second kappa shape index (κ2) is 5.30. The number of benzene rings is 1. The van der Waals surface area contributed by atoms with E-state index in [-0.39, 0.29) is 0 Å². The highest BCUT2D eigenvalue weighted by Crippen LogP contribution is 2.18. The Balaban J connectivity index is 1.74. The molecule has 0 radical (unpaired) electrons. The number of hydrogen-bond donors (Lipinski definition) is 2. The summed E-state index contributed by atoms with van der Waals surface area (Å²) in [5, 5.41) is 7.35. The molecule has 1 aromatic carbocycles. The lowest BCUT2D eigenvalue weighted by Crippen LogP contribution is -2.38. The van der Waals surface area contributed by atoms with Crippen LogP contribution >= 0.6 is 12.2 Å². The minimum Gasteiger partial charge on any atom is -0.362 e. The van der Waals surface area contributed by atoms with Crippen molar-refractivity contribution in [3.63, 3.8) is 0 Å². The molecule has 0 unspecified atom stereocenters. The van der Waals surface area contributed by atoms with Crippen molar-refractivity contribution >= 4 is 17.3 Å². The summed E-state index contributed by atoms with van der Waals surface area (Å²) >= 11 is 5.22. The van der Waals surface area contributed by atoms with Gasteiger partial charge in [-0.15, -0.1) is 0 Å². The Morgan fingerprint density at radius 3 is 2.69 bits per heavy atom. The van der Waals surface area contributed by atoms with Crippen LogP contribution in [0.15, 0.2) is 30.3 Å². The molecule has 0 spiro atoms. The SMILES string of the molecule is C[C@H](CNC(=S)NC1CC1)c1ccccc1. The highest BCUT2D eigenvalue weighted by atomic mass is 32.1. The maximum atomic E-state index is 5.22. The summed E-state index contributed by atoms with van der Waals surface area (Å²) in [6, 6.07) is 11.1. The second-order valence-electron chi connectivity index (χ2n) is 4.44. The van der Waals surface area contributed by atoms with Gasteiger partial charge in [-0.2, -0.15) is 0 Å². The van der Waals surface area contributed by atoms with E-state index in [1.54, 1.807) is 0 Å². The largest absolute Gasteiger partial charge is 0.362 e. The molecule has 2 rings (SSSR count). The summed E-state index contributed by atoms with van der Waals surface area (Å²) in [6.07, 6.45) is 2.52. The number of rotatable bonds is 4. The van der Waals surface area contributed by atoms with Crippen molar-refractivity contribution in [3.05, 3.63) is 35.9 Å². The molecule has 16 heavy (non-hydrogen) atoms. The molecule has 1 aromatic rings. The van der Waals surface area contributed by atoms with Gasteiger partial charge in [-0.05, 0) is 36.5 Å². The number of nitrogens with one attached hydrogen (secondary N) is 2. The summed E-state index contributed by atoms with van der Waals surface area (Å²) in [5.74, 6) is 0.486. The van der Waals surface area contributed by atoms with Gasteiger partial charge < -0.3 is 10.6 Å². The molecule has 2 nitrogen and oxygen atoms in total. The van der Waals surface area contributed by atoms with E-state index in [2.05, 4.69) is 41.8 Å². The van der Waals surface area contributed by atoms with E-state index in [1.807, 2.05) is 6.07 Å². The lowest BCUT2D eigenvalue weighted by atomic mass is 10.0. The second-order valence-corrected chi connectivity index (χ2v) is 4.85. The number of hydrogen-bond acceptors (Lipinski definition) is 1. The Morgan fingerprint density at radius 2 is 2.06 bits per heavy atom. The smallest absolute Gasteiger partial charge is 0.166 e. The van der Waals surface area contributed by atoms with Crippen molar-refractivity contribution in [2.75, 3.05) is 6.54 Å². The lowest BCUT2D eigenvalue weighted by Gasteiger charge is -2.15. The third-order valence-corrected chi connectivity index (χ3v) is 3.11. The Morgan fingerprint density at radius 1 is 1.38 bits per heavy atom. The topological polar surface area (TPSA) is 24.1 Å². The molecule has 0 saturated heterocycles. The first-order valence-electron chi connectivity index (χ1n) is 5.85. The van der Waals surface area contributed by atoms with Crippen LogP contribution in [-0.2, 0) is 0 Å². The van der Waals surface area contributed by atoms with Crippen LogP contribution in [0.2, 0.25) is 0 Å². The predicted octanol–water partition coefficient (Wildman–Crippen LogP) is 2.42. The first kappa shape index (κ1) is 11.4. The highest BCUT2D eigenvalue weighted by molar-refractivity contribution is 7.80. The zero-order valence-corrected chi connectivity index (χ0v) is 10.4. The average molecular weight is 234 g/mol. The minimum atomic E-state index is 0.486. The van der Waals surface area contributed by atoms with Crippen molar-refractivity contribution < 1.29 is 0 Å². The zero-order chi connectivity index (χ0) is 11.4. The zero-order valence-electron chi connectivity index (χ0n) is 9.57. The molecule has 0 aliphatic heterocycles. The highest BCUT2D eigenvalue weighted by Gasteiger charge is 2.21. The fraction of sp³-hybridized carbons (Fsp3) is 0.462. The summed E-state index contributed by atoms with van der Waals surface area (Å²) in [6.45, 7) is 3.10. The molecule has 1 aliphatic rings. The van der Waals surface area contributed by atoms with Gasteiger partial charge in [-0.25, -0.2) is 0 Å². The van der Waals surface area contributed by atoms with Gasteiger partial charge in [0.25, 0.3) is 0 Å². The molecular weight excluding hydrogens is 216 g/mol. The van der Waals surface area contributed by atoms with Gasteiger partial charge >= 0.3 is 0 Å². The van der Waals surface area contributed by atoms with Gasteiger partial charge in [0.1, 0.15) is 0 Å². The minimum absolute atomic E-state index is 0.486. The van der Waals surface area contributed by atoms with E-state index >= 15 is 0 Å². The van der Waals surface area contributed by atoms with Crippen molar-refractivity contribution in [3.8, 4) is 0 Å². The van der Waals surface area contributed by atoms with Gasteiger partial charge in [0.2, 0.25) is 0 Å². The summed E-state index contributed by atoms with van der Waals surface area (Å²) < 4.78 is 0. The average Bonchev–Trinajstić information content (AvgIpc) is 3.11. The van der Waals surface area contributed by atoms with Crippen LogP contribution in [0.5, 0.6) is 0 Å². The predicted molar refractivity (Wildman–Crippen MR) is 71.6 cm³/mol. The van der Waals surface area contributed by atoms with Crippen LogP contribution in [0.1, 0.15) is 31.2 Å². The molecule has 1 saturated carbocycles. The fourth-order valence-corrected chi connectivity index (χ4v) is 1.86. The number of thiocarbonyl (C=S) groups is 1. The molecule has 1 aliphatic carbocycles. The Labute approximate surface area is 102 Å². The molecule has 0 amide bonds. The Bertz CT molecular complexity index is 346. The van der Waals surface area contributed by atoms with E-state index in [0.29, 0.717) is 12.0 Å². The van der Waals surface area contributed by atoms with Crippen LogP contribution in [0, 0.1) is 0 Å². The van der Waals surface area contributed by atoms with Gasteiger partial charge in [0.05, 0.1) is 0 Å². The first-order valence-corrected chi connectivity index (χ1v) is 6.26. The Hall–Kier alpha value is -1.09. The third kappa shape index (κ3) is 3.49. The normalized spacial score (nSPS) is 16.6. The van der Waals surface area contributed by atoms with Crippen LogP contribution in [-0.4, -0.2) is 17.7 Å². The van der Waals surface area contributed by atoms with Crippen LogP contribution in [0.25, 0.3) is 0 Å². The lowest BCUT2D eigenvalue weighted by molar-refractivity contribution is 0.707. The summed E-state index contributed by atoms with van der Waals surface area (Å²) in [7, 11) is 0. The molecule has 3 heteroatoms. The molecule has 2 N–H and O–H groups in total. The van der Waals surface area contributed by atoms with Gasteiger partial charge in [-0.3, -0.25) is 0 Å². The van der Waals surface area contributed by atoms with E-state index in [4.69, 9.17) is 12.2 Å². The van der Waals surface area contributed by atoms with Gasteiger partial charge in [0, 0.05) is 12.6 Å². The molecular formula is C13H18N2S. The molecule has 1 fully saturated rings. The van der Waals surface area contributed by atoms with Crippen molar-refractivity contribution in [1.82, 2.24) is 10.6 Å². The monoisotopic (exact) mass is 234 g/mol. The quantitative estimate of drug-likeness (QED) is 0.782. The first-order chi connectivity index (χ1) is 7.75. The maximum absolute atomic E-state index is 5.22. The van der Waals surface area contributed by atoms with Crippen molar-refractivity contribution in [2.45, 2.75) is 31.7 Å². The van der Waals surface area contributed by atoms with E-state index in [1.165, 1.54) is 18.4 Å². The van der Waals surface area contributed by atoms with E-state index in [0.717, 1.165) is 11.7 Å². The molecule has 0 heterocycles. The van der Waals surface area contributed by atoms with Crippen molar-refractivity contribution in [1.29, 1.82) is 0 Å². The molecule has 86 valence electrons.